The molecule has 0 saturated carbocycles. The van der Waals surface area contributed by atoms with Crippen LogP contribution in [0.15, 0.2) is 24.3 Å². The molecule has 5 amide bonds. The number of urea groups is 1. The van der Waals surface area contributed by atoms with Gasteiger partial charge >= 0.3 is 47.9 Å². The average molecular weight is 1100 g/mol. The summed E-state index contributed by atoms with van der Waals surface area (Å²) in [5.41, 5.74) is 1.18. The van der Waals surface area contributed by atoms with Gasteiger partial charge in [-0.2, -0.15) is 0 Å². The molecule has 426 valence electrons. The third-order valence-corrected chi connectivity index (χ3v) is 12.4. The molecule has 1 heterocycles. The molecule has 76 heavy (non-hydrogen) atoms. The Labute approximate surface area is 446 Å². The molecule has 0 bridgehead atoms. The number of rotatable bonds is 34. The van der Waals surface area contributed by atoms with Crippen molar-refractivity contribution >= 4 is 82.8 Å². The first kappa shape index (κ1) is 65.4. The predicted molar refractivity (Wildman–Crippen MR) is 278 cm³/mol. The number of anilines is 1. The van der Waals surface area contributed by atoms with Crippen molar-refractivity contribution in [2.24, 2.45) is 0 Å². The number of unbranched alkanes of at least 4 members (excludes halogenated alkanes) is 6. The van der Waals surface area contributed by atoms with Crippen LogP contribution in [0.2, 0.25) is 0 Å². The van der Waals surface area contributed by atoms with Crippen LogP contribution in [0.3, 0.4) is 0 Å². The standard InChI is InChI=1S/C48H76N10O17S/c59-38(49-18-6-3-7-20-51-46(73)53-37(45(71)72)16-17-40(61)62)10-4-1-2-5-11-39(60)50-19-8-9-21-58(48(74)75)47(76)52-35-14-12-34(13-15-35)28-36-29-56(32-43(67)68)25-24-54(30-41(63)64)22-23-55(31-42(65)66)26-27-57(36)33-44(69)70/h12-15,36-37H,1-11,16-33H2,(H,49,59)(H,50,60)(H,52,76)(H,61,62)(H,63,64)(H,65,66)(H,67,68)(H,69,70)(H,71,72)(H,74,75)(H2,51,53,73)/t36?,37-/m0/s1. The Hall–Kier alpha value is -6.75. The second kappa shape index (κ2) is 37.1. The zero-order valence-electron chi connectivity index (χ0n) is 42.8. The Morgan fingerprint density at radius 1 is 0.553 bits per heavy atom. The number of amides is 5. The molecule has 0 spiro atoms. The molecule has 28 heteroatoms. The number of benzene rings is 1. The summed E-state index contributed by atoms with van der Waals surface area (Å²) in [6.45, 7) is 0.625. The lowest BCUT2D eigenvalue weighted by atomic mass is 10.0. The van der Waals surface area contributed by atoms with E-state index in [4.69, 9.17) is 22.4 Å². The first-order valence-corrected chi connectivity index (χ1v) is 25.7. The molecule has 1 aromatic carbocycles. The molecular weight excluding hydrogens is 1020 g/mol. The van der Waals surface area contributed by atoms with E-state index in [0.29, 0.717) is 76.6 Å². The van der Waals surface area contributed by atoms with Crippen molar-refractivity contribution in [3.63, 3.8) is 0 Å². The maximum Gasteiger partial charge on any atom is 0.413 e. The summed E-state index contributed by atoms with van der Waals surface area (Å²) in [6.07, 6.45) is 4.61. The monoisotopic (exact) mass is 1100 g/mol. The fourth-order valence-electron chi connectivity index (χ4n) is 8.14. The summed E-state index contributed by atoms with van der Waals surface area (Å²) in [4.78, 5) is 125. The van der Waals surface area contributed by atoms with Crippen LogP contribution in [0, 0.1) is 0 Å². The van der Waals surface area contributed by atoms with Crippen molar-refractivity contribution in [1.82, 2.24) is 45.8 Å². The van der Waals surface area contributed by atoms with Gasteiger partial charge < -0.3 is 62.3 Å². The second-order valence-corrected chi connectivity index (χ2v) is 18.7. The number of thiocarbonyl (C=S) groups is 1. The van der Waals surface area contributed by atoms with E-state index in [9.17, 15) is 73.5 Å². The Morgan fingerprint density at radius 2 is 1.03 bits per heavy atom. The molecule has 12 N–H and O–H groups in total. The topological polar surface area (TPSA) is 389 Å². The van der Waals surface area contributed by atoms with Crippen LogP contribution < -0.4 is 26.6 Å². The highest BCUT2D eigenvalue weighted by Gasteiger charge is 2.28. The zero-order valence-corrected chi connectivity index (χ0v) is 43.6. The van der Waals surface area contributed by atoms with Crippen LogP contribution in [0.1, 0.15) is 89.0 Å². The molecule has 0 radical (unpaired) electrons. The van der Waals surface area contributed by atoms with Crippen molar-refractivity contribution in [3.05, 3.63) is 29.8 Å². The number of carboxylic acids is 6. The lowest BCUT2D eigenvalue weighted by Gasteiger charge is -2.37. The minimum absolute atomic E-state index is 0.0456. The van der Waals surface area contributed by atoms with E-state index in [2.05, 4.69) is 26.6 Å². The third kappa shape index (κ3) is 30.6. The number of nitrogens with zero attached hydrogens (tertiary/aromatic N) is 5. The van der Waals surface area contributed by atoms with Gasteiger partial charge in [0.15, 0.2) is 5.11 Å². The van der Waals surface area contributed by atoms with Gasteiger partial charge in [-0.3, -0.25) is 58.1 Å². The molecule has 2 atom stereocenters. The third-order valence-electron chi connectivity index (χ3n) is 12.1. The molecule has 0 aromatic heterocycles. The number of carbonyl (C=O) groups is 10. The average Bonchev–Trinajstić information content (AvgIpc) is 3.33. The van der Waals surface area contributed by atoms with Gasteiger partial charge in [0.05, 0.1) is 26.2 Å². The number of carboxylic acid groups (broad SMARTS) is 7. The largest absolute Gasteiger partial charge is 0.481 e. The van der Waals surface area contributed by atoms with Crippen molar-refractivity contribution in [1.29, 1.82) is 0 Å². The Morgan fingerprint density at radius 3 is 1.53 bits per heavy atom. The number of aliphatic carboxylic acids is 6. The summed E-state index contributed by atoms with van der Waals surface area (Å²) in [5, 5.41) is 79.7. The zero-order chi connectivity index (χ0) is 56.4. The van der Waals surface area contributed by atoms with Gasteiger partial charge in [-0.25, -0.2) is 14.4 Å². The Balaban J connectivity index is 1.77. The van der Waals surface area contributed by atoms with Gasteiger partial charge in [-0.1, -0.05) is 25.0 Å². The van der Waals surface area contributed by atoms with Crippen LogP contribution in [-0.4, -0.2) is 235 Å². The van der Waals surface area contributed by atoms with Gasteiger partial charge in [-0.05, 0) is 87.7 Å². The molecule has 1 saturated heterocycles. The fourth-order valence-corrected chi connectivity index (χ4v) is 8.43. The normalized spacial score (nSPS) is 15.4. The number of hydrogen-bond acceptors (Lipinski definition) is 15. The summed E-state index contributed by atoms with van der Waals surface area (Å²) < 4.78 is 0. The molecule has 1 fully saturated rings. The molecule has 1 aliphatic heterocycles. The predicted octanol–water partition coefficient (Wildman–Crippen LogP) is 0.975. The molecule has 1 aliphatic rings. The minimum atomic E-state index is -1.32. The summed E-state index contributed by atoms with van der Waals surface area (Å²) in [5.74, 6) is -7.19. The smallest absolute Gasteiger partial charge is 0.413 e. The lowest BCUT2D eigenvalue weighted by molar-refractivity contribution is -0.142. The molecule has 2 rings (SSSR count). The lowest BCUT2D eigenvalue weighted by Crippen LogP contribution is -2.53. The SMILES string of the molecule is O=C(O)CC[C@H](NC(=O)NCCCCCNC(=O)CCCCCCC(=O)NCCCCN(C(=O)O)C(=S)Nc1ccc(CC2CN(CC(=O)O)CCN(CC(=O)O)CCN(CC(=O)O)CCN2CC(=O)O)cc1)C(=O)O. The number of carbonyl (C=O) groups excluding carboxylic acids is 3. The first-order valence-electron chi connectivity index (χ1n) is 25.3. The van der Waals surface area contributed by atoms with E-state index in [-0.39, 0.29) is 102 Å². The Kier molecular flexibility index (Phi) is 31.9. The molecule has 1 aromatic rings. The number of nitrogens with one attached hydrogen (secondary N) is 5. The first-order chi connectivity index (χ1) is 36.1. The maximum atomic E-state index is 12.4. The van der Waals surface area contributed by atoms with Crippen LogP contribution >= 0.6 is 12.2 Å². The summed E-state index contributed by atoms with van der Waals surface area (Å²) in [6, 6.07) is 4.22. The molecule has 27 nitrogen and oxygen atoms in total. The summed E-state index contributed by atoms with van der Waals surface area (Å²) in [7, 11) is 0. The van der Waals surface area contributed by atoms with E-state index in [1.165, 1.54) is 0 Å². The highest BCUT2D eigenvalue weighted by Crippen LogP contribution is 2.17. The molecule has 1 unspecified atom stereocenters. The van der Waals surface area contributed by atoms with Gasteiger partial charge in [0, 0.05) is 103 Å². The van der Waals surface area contributed by atoms with Gasteiger partial charge in [-0.15, -0.1) is 0 Å². The van der Waals surface area contributed by atoms with E-state index in [0.717, 1.165) is 23.3 Å². The van der Waals surface area contributed by atoms with Crippen LogP contribution in [0.25, 0.3) is 0 Å². The van der Waals surface area contributed by atoms with Crippen LogP contribution in [-0.2, 0) is 44.8 Å². The fraction of sp³-hybridized carbons (Fsp3) is 0.646. The molecular formula is C48H76N10O17S. The summed E-state index contributed by atoms with van der Waals surface area (Å²) >= 11 is 5.43. The molecule has 0 aliphatic carbocycles. The van der Waals surface area contributed by atoms with Crippen LogP contribution in [0.4, 0.5) is 15.3 Å². The highest BCUT2D eigenvalue weighted by molar-refractivity contribution is 7.80. The quantitative estimate of drug-likeness (QED) is 0.0338. The van der Waals surface area contributed by atoms with Gasteiger partial charge in [0.2, 0.25) is 11.8 Å². The Bertz CT molecular complexity index is 2070. The van der Waals surface area contributed by atoms with E-state index < -0.39 is 79.5 Å². The van der Waals surface area contributed by atoms with Crippen LogP contribution in [0.5, 0.6) is 0 Å². The van der Waals surface area contributed by atoms with E-state index in [1.807, 2.05) is 0 Å². The minimum Gasteiger partial charge on any atom is -0.481 e. The number of hydrogen-bond donors (Lipinski definition) is 12. The van der Waals surface area contributed by atoms with Gasteiger partial charge in [0.1, 0.15) is 6.04 Å². The van der Waals surface area contributed by atoms with Crippen molar-refractivity contribution in [2.75, 3.05) is 103 Å². The van der Waals surface area contributed by atoms with Crippen molar-refractivity contribution in [3.8, 4) is 0 Å². The van der Waals surface area contributed by atoms with E-state index in [1.54, 1.807) is 43.9 Å². The van der Waals surface area contributed by atoms with E-state index >= 15 is 0 Å². The second-order valence-electron chi connectivity index (χ2n) is 18.4. The van der Waals surface area contributed by atoms with Crippen molar-refractivity contribution in [2.45, 2.75) is 102 Å². The maximum absolute atomic E-state index is 12.4. The van der Waals surface area contributed by atoms with Gasteiger partial charge in [0.25, 0.3) is 0 Å². The van der Waals surface area contributed by atoms with Crippen molar-refractivity contribution < 1.29 is 83.7 Å². The highest BCUT2D eigenvalue weighted by atomic mass is 32.1.